The van der Waals surface area contributed by atoms with Crippen molar-refractivity contribution in [2.75, 3.05) is 13.2 Å². The molecule has 0 rings (SSSR count). The number of carbonyl (C=O) groups is 3. The van der Waals surface area contributed by atoms with Crippen molar-refractivity contribution in [3.63, 3.8) is 0 Å². The lowest BCUT2D eigenvalue weighted by atomic mass is 10.1. The van der Waals surface area contributed by atoms with E-state index >= 15 is 0 Å². The fraction of sp³-hybridized carbons (Fsp3) is 0.675. The molecule has 83 heavy (non-hydrogen) atoms. The van der Waals surface area contributed by atoms with Crippen molar-refractivity contribution in [3.05, 3.63) is 134 Å². The van der Waals surface area contributed by atoms with E-state index < -0.39 is 6.10 Å². The van der Waals surface area contributed by atoms with Crippen LogP contribution in [0, 0.1) is 0 Å². The van der Waals surface area contributed by atoms with Crippen molar-refractivity contribution in [1.82, 2.24) is 0 Å². The van der Waals surface area contributed by atoms with Gasteiger partial charge in [-0.15, -0.1) is 0 Å². The third kappa shape index (κ3) is 68.2. The van der Waals surface area contributed by atoms with E-state index in [0.717, 1.165) is 128 Å². The Morgan fingerprint density at radius 2 is 0.470 bits per heavy atom. The molecule has 0 aromatic carbocycles. The van der Waals surface area contributed by atoms with Crippen LogP contribution in [0.1, 0.15) is 316 Å². The molecule has 0 bridgehead atoms. The minimum Gasteiger partial charge on any atom is -0.462 e. The zero-order valence-corrected chi connectivity index (χ0v) is 54.2. The molecule has 0 heterocycles. The predicted molar refractivity (Wildman–Crippen MR) is 362 cm³/mol. The van der Waals surface area contributed by atoms with E-state index in [1.807, 2.05) is 0 Å². The Bertz CT molecular complexity index is 1750. The topological polar surface area (TPSA) is 78.9 Å². The summed E-state index contributed by atoms with van der Waals surface area (Å²) in [5, 5.41) is 0. The highest BCUT2D eigenvalue weighted by molar-refractivity contribution is 5.71. The Labute approximate surface area is 513 Å². The second kappa shape index (κ2) is 70.0. The molecule has 0 aliphatic carbocycles. The van der Waals surface area contributed by atoms with Crippen LogP contribution in [0.5, 0.6) is 0 Å². The first-order valence-electron chi connectivity index (χ1n) is 34.7. The van der Waals surface area contributed by atoms with Gasteiger partial charge in [0.15, 0.2) is 6.10 Å². The van der Waals surface area contributed by atoms with Gasteiger partial charge >= 0.3 is 17.9 Å². The fourth-order valence-electron chi connectivity index (χ4n) is 9.43. The molecule has 472 valence electrons. The molecule has 0 radical (unpaired) electrons. The van der Waals surface area contributed by atoms with Gasteiger partial charge in [0.2, 0.25) is 0 Å². The van der Waals surface area contributed by atoms with E-state index in [4.69, 9.17) is 14.2 Å². The number of ether oxygens (including phenoxy) is 3. The summed E-state index contributed by atoms with van der Waals surface area (Å²) in [5.74, 6) is -0.907. The lowest BCUT2D eigenvalue weighted by Crippen LogP contribution is -2.30. The summed E-state index contributed by atoms with van der Waals surface area (Å²) in [6, 6.07) is 0. The van der Waals surface area contributed by atoms with Gasteiger partial charge in [0.25, 0.3) is 0 Å². The third-order valence-corrected chi connectivity index (χ3v) is 14.6. The van der Waals surface area contributed by atoms with Gasteiger partial charge in [-0.3, -0.25) is 14.4 Å². The molecule has 0 spiro atoms. The van der Waals surface area contributed by atoms with Crippen molar-refractivity contribution in [3.8, 4) is 0 Å². The summed E-state index contributed by atoms with van der Waals surface area (Å²) in [6.07, 6.45) is 99.0. The Balaban J connectivity index is 4.28. The molecule has 0 aliphatic heterocycles. The minimum atomic E-state index is -0.792. The molecule has 0 saturated heterocycles. The quantitative estimate of drug-likeness (QED) is 0.0261. The highest BCUT2D eigenvalue weighted by Crippen LogP contribution is 2.15. The first-order chi connectivity index (χ1) is 41.0. The lowest BCUT2D eigenvalue weighted by Gasteiger charge is -2.18. The maximum Gasteiger partial charge on any atom is 0.306 e. The highest BCUT2D eigenvalue weighted by Gasteiger charge is 2.19. The monoisotopic (exact) mass is 1150 g/mol. The van der Waals surface area contributed by atoms with E-state index in [9.17, 15) is 14.4 Å². The number of esters is 3. The molecule has 0 N–H and O–H groups in total. The van der Waals surface area contributed by atoms with Gasteiger partial charge in [0.05, 0.1) is 0 Å². The van der Waals surface area contributed by atoms with E-state index in [2.05, 4.69) is 154 Å². The maximum absolute atomic E-state index is 12.9. The summed E-state index contributed by atoms with van der Waals surface area (Å²) < 4.78 is 16.9. The number of allylic oxidation sites excluding steroid dienone is 22. The molecular weight excluding hydrogens is 1020 g/mol. The van der Waals surface area contributed by atoms with Crippen LogP contribution in [0.2, 0.25) is 0 Å². The van der Waals surface area contributed by atoms with Crippen LogP contribution in [0.3, 0.4) is 0 Å². The van der Waals surface area contributed by atoms with Crippen LogP contribution < -0.4 is 0 Å². The van der Waals surface area contributed by atoms with E-state index in [1.54, 1.807) is 0 Å². The number of unbranched alkanes of at least 4 members (excludes halogenated alkanes) is 29. The molecule has 6 nitrogen and oxygen atoms in total. The number of hydrogen-bond acceptors (Lipinski definition) is 6. The van der Waals surface area contributed by atoms with Gasteiger partial charge in [0.1, 0.15) is 13.2 Å². The van der Waals surface area contributed by atoms with E-state index in [1.165, 1.54) is 148 Å². The Hall–Kier alpha value is -4.45. The predicted octanol–water partition coefficient (Wildman–Crippen LogP) is 24.1. The van der Waals surface area contributed by atoms with Crippen LogP contribution in [-0.4, -0.2) is 37.2 Å². The van der Waals surface area contributed by atoms with E-state index in [-0.39, 0.29) is 31.1 Å². The van der Waals surface area contributed by atoms with Crippen molar-refractivity contribution in [1.29, 1.82) is 0 Å². The molecule has 0 aromatic rings. The minimum absolute atomic E-state index is 0.0886. The molecule has 1 atom stereocenters. The zero-order chi connectivity index (χ0) is 59.9. The van der Waals surface area contributed by atoms with Crippen molar-refractivity contribution < 1.29 is 28.6 Å². The van der Waals surface area contributed by atoms with Gasteiger partial charge in [-0.05, 0) is 141 Å². The summed E-state index contributed by atoms with van der Waals surface area (Å²) in [4.78, 5) is 38.3. The lowest BCUT2D eigenvalue weighted by molar-refractivity contribution is -0.167. The smallest absolute Gasteiger partial charge is 0.306 e. The number of carbonyl (C=O) groups excluding carboxylic acids is 3. The van der Waals surface area contributed by atoms with Crippen LogP contribution in [0.15, 0.2) is 134 Å². The first-order valence-corrected chi connectivity index (χ1v) is 34.7. The Morgan fingerprint density at radius 3 is 0.771 bits per heavy atom. The van der Waals surface area contributed by atoms with E-state index in [0.29, 0.717) is 19.3 Å². The van der Waals surface area contributed by atoms with Crippen LogP contribution >= 0.6 is 0 Å². The van der Waals surface area contributed by atoms with Gasteiger partial charge in [-0.2, -0.15) is 0 Å². The second-order valence-corrected chi connectivity index (χ2v) is 22.7. The van der Waals surface area contributed by atoms with Crippen LogP contribution in [0.25, 0.3) is 0 Å². The number of rotatable bonds is 62. The third-order valence-electron chi connectivity index (χ3n) is 14.6. The van der Waals surface area contributed by atoms with Gasteiger partial charge in [-0.25, -0.2) is 0 Å². The van der Waals surface area contributed by atoms with Crippen LogP contribution in [0.4, 0.5) is 0 Å². The maximum atomic E-state index is 12.9. The summed E-state index contributed by atoms with van der Waals surface area (Å²) in [6.45, 7) is 6.50. The molecule has 0 aromatic heterocycles. The van der Waals surface area contributed by atoms with Gasteiger partial charge in [0, 0.05) is 19.3 Å². The molecule has 6 heteroatoms. The fourth-order valence-corrected chi connectivity index (χ4v) is 9.43. The van der Waals surface area contributed by atoms with Crippen molar-refractivity contribution >= 4 is 17.9 Å². The Morgan fingerprint density at radius 1 is 0.253 bits per heavy atom. The molecular formula is C77H128O6. The normalized spacial score (nSPS) is 13.0. The average Bonchev–Trinajstić information content (AvgIpc) is 3.49. The van der Waals surface area contributed by atoms with Crippen molar-refractivity contribution in [2.45, 2.75) is 322 Å². The van der Waals surface area contributed by atoms with Gasteiger partial charge in [-0.1, -0.05) is 289 Å². The SMILES string of the molecule is CC/C=C\C/C=C\C/C=C\C/C=C\C/C=C\C/C=C\C/C=C\C/C=C\C/C=C\CCCCCCCCCC(=O)OCC(COC(=O)CCCCCCC/C=C\CCCCC)OC(=O)CCCCCCCCC/C=C\CCCCCCCCC. The summed E-state index contributed by atoms with van der Waals surface area (Å²) >= 11 is 0. The average molecular weight is 1150 g/mol. The molecule has 0 saturated carbocycles. The summed E-state index contributed by atoms with van der Waals surface area (Å²) in [7, 11) is 0. The number of hydrogen-bond donors (Lipinski definition) is 0. The highest BCUT2D eigenvalue weighted by atomic mass is 16.6. The first kappa shape index (κ1) is 78.5. The largest absolute Gasteiger partial charge is 0.462 e. The standard InChI is InChI=1S/C77H128O6/c1-4-7-10-13-16-19-22-25-27-29-31-32-33-34-35-36-37-38-39-40-41-42-43-44-45-46-47-49-50-52-55-58-61-64-67-70-76(79)82-73-74(72-81-75(78)69-66-63-60-57-54-24-21-18-15-12-9-6-3)83-77(80)71-68-65-62-59-56-53-51-48-30-28-26-23-20-17-14-11-8-5-2/h7,10,16,18-19,21,25,27-28,30-32,34-35,37-38,40-41,43-44,46-47,74H,4-6,8-9,11-15,17,20,22-24,26,29,33,36,39,42,45,48-73H2,1-3H3/b10-7-,19-16-,21-18-,27-25-,30-28-,32-31-,35-34-,38-37-,41-40-,44-43-,47-46-. The second-order valence-electron chi connectivity index (χ2n) is 22.7. The molecule has 0 amide bonds. The molecule has 1 unspecified atom stereocenters. The summed E-state index contributed by atoms with van der Waals surface area (Å²) in [5.41, 5.74) is 0. The van der Waals surface area contributed by atoms with Crippen LogP contribution in [-0.2, 0) is 28.6 Å². The van der Waals surface area contributed by atoms with Gasteiger partial charge < -0.3 is 14.2 Å². The van der Waals surface area contributed by atoms with Crippen molar-refractivity contribution in [2.24, 2.45) is 0 Å². The Kier molecular flexibility index (Phi) is 66.3. The molecule has 0 aliphatic rings. The zero-order valence-electron chi connectivity index (χ0n) is 54.2. The molecule has 0 fully saturated rings.